The average molecular weight is 337 g/mol. The van der Waals surface area contributed by atoms with Crippen LogP contribution in [-0.2, 0) is 6.61 Å². The molecule has 0 fully saturated rings. The molecule has 2 heterocycles. The molecule has 0 spiro atoms. The standard InChI is InChI=1S/C16H14Cl2N2O2/c1-10-8-20-7-3-4-14(16(20)19-10)22-9-11-12(17)5-6-13(21-2)15(11)18/h3-8H,9H2,1-2H3. The number of aryl methyl sites for hydroxylation is 1. The Balaban J connectivity index is 1.91. The summed E-state index contributed by atoms with van der Waals surface area (Å²) in [5, 5.41) is 0.999. The Morgan fingerprint density at radius 3 is 2.77 bits per heavy atom. The van der Waals surface area contributed by atoms with Crippen LogP contribution in [-0.4, -0.2) is 16.5 Å². The summed E-state index contributed by atoms with van der Waals surface area (Å²) in [6, 6.07) is 7.24. The van der Waals surface area contributed by atoms with Gasteiger partial charge >= 0.3 is 0 Å². The summed E-state index contributed by atoms with van der Waals surface area (Å²) in [6.45, 7) is 2.17. The maximum atomic E-state index is 6.29. The highest BCUT2D eigenvalue weighted by Crippen LogP contribution is 2.34. The van der Waals surface area contributed by atoms with E-state index < -0.39 is 0 Å². The van der Waals surface area contributed by atoms with E-state index in [2.05, 4.69) is 4.98 Å². The van der Waals surface area contributed by atoms with Crippen molar-refractivity contribution in [3.8, 4) is 11.5 Å². The number of hydrogen-bond donors (Lipinski definition) is 0. The second-order valence-corrected chi connectivity index (χ2v) is 5.60. The molecular formula is C16H14Cl2N2O2. The molecule has 3 aromatic rings. The third-order valence-electron chi connectivity index (χ3n) is 3.31. The smallest absolute Gasteiger partial charge is 0.179 e. The quantitative estimate of drug-likeness (QED) is 0.701. The molecule has 0 amide bonds. The zero-order chi connectivity index (χ0) is 15.7. The Labute approximate surface area is 138 Å². The van der Waals surface area contributed by atoms with Gasteiger partial charge in [0.15, 0.2) is 11.4 Å². The van der Waals surface area contributed by atoms with Gasteiger partial charge in [-0.1, -0.05) is 23.2 Å². The number of pyridine rings is 1. The van der Waals surface area contributed by atoms with E-state index in [0.29, 0.717) is 27.1 Å². The number of aromatic nitrogens is 2. The molecule has 22 heavy (non-hydrogen) atoms. The van der Waals surface area contributed by atoms with Gasteiger partial charge in [0.25, 0.3) is 0 Å². The van der Waals surface area contributed by atoms with Crippen LogP contribution in [0.2, 0.25) is 10.0 Å². The number of fused-ring (bicyclic) bond motifs is 1. The summed E-state index contributed by atoms with van der Waals surface area (Å²) in [7, 11) is 1.56. The zero-order valence-electron chi connectivity index (χ0n) is 12.1. The minimum absolute atomic E-state index is 0.237. The summed E-state index contributed by atoms with van der Waals surface area (Å²) < 4.78 is 13.0. The van der Waals surface area contributed by atoms with E-state index in [4.69, 9.17) is 32.7 Å². The molecule has 1 aromatic carbocycles. The Kier molecular flexibility index (Phi) is 4.14. The van der Waals surface area contributed by atoms with Crippen LogP contribution in [0.5, 0.6) is 11.5 Å². The van der Waals surface area contributed by atoms with Crippen LogP contribution >= 0.6 is 23.2 Å². The van der Waals surface area contributed by atoms with E-state index in [9.17, 15) is 0 Å². The Morgan fingerprint density at radius 2 is 2.00 bits per heavy atom. The molecule has 0 saturated heterocycles. The molecule has 0 bridgehead atoms. The average Bonchev–Trinajstić information content (AvgIpc) is 2.88. The molecule has 3 rings (SSSR count). The van der Waals surface area contributed by atoms with Crippen LogP contribution in [0.15, 0.2) is 36.7 Å². The molecule has 6 heteroatoms. The van der Waals surface area contributed by atoms with Crippen molar-refractivity contribution in [2.45, 2.75) is 13.5 Å². The maximum absolute atomic E-state index is 6.29. The van der Waals surface area contributed by atoms with E-state index in [1.165, 1.54) is 0 Å². The summed E-state index contributed by atoms with van der Waals surface area (Å²) in [6.07, 6.45) is 3.86. The van der Waals surface area contributed by atoms with E-state index in [1.54, 1.807) is 19.2 Å². The molecule has 2 aromatic heterocycles. The van der Waals surface area contributed by atoms with Crippen molar-refractivity contribution in [1.29, 1.82) is 0 Å². The first-order chi connectivity index (χ1) is 10.6. The van der Waals surface area contributed by atoms with Crippen LogP contribution in [0.1, 0.15) is 11.3 Å². The first kappa shape index (κ1) is 15.0. The van der Waals surface area contributed by atoms with Gasteiger partial charge in [0.2, 0.25) is 0 Å². The van der Waals surface area contributed by atoms with Crippen LogP contribution in [0.3, 0.4) is 0 Å². The third-order valence-corrected chi connectivity index (χ3v) is 4.08. The minimum atomic E-state index is 0.237. The first-order valence-electron chi connectivity index (χ1n) is 6.68. The van der Waals surface area contributed by atoms with E-state index in [1.807, 2.05) is 35.9 Å². The monoisotopic (exact) mass is 336 g/mol. The summed E-state index contributed by atoms with van der Waals surface area (Å²) in [4.78, 5) is 4.45. The van der Waals surface area contributed by atoms with Crippen LogP contribution in [0.4, 0.5) is 0 Å². The fourth-order valence-corrected chi connectivity index (χ4v) is 2.80. The van der Waals surface area contributed by atoms with Crippen molar-refractivity contribution in [2.24, 2.45) is 0 Å². The van der Waals surface area contributed by atoms with E-state index in [-0.39, 0.29) is 6.61 Å². The van der Waals surface area contributed by atoms with Gasteiger partial charge in [-0.15, -0.1) is 0 Å². The molecule has 114 valence electrons. The van der Waals surface area contributed by atoms with Gasteiger partial charge in [0.05, 0.1) is 17.8 Å². The predicted molar refractivity (Wildman–Crippen MR) is 87.3 cm³/mol. The lowest BCUT2D eigenvalue weighted by Crippen LogP contribution is -2.00. The number of methoxy groups -OCH3 is 1. The Hall–Kier alpha value is -1.91. The predicted octanol–water partition coefficient (Wildman–Crippen LogP) is 4.54. The molecule has 0 aliphatic heterocycles. The van der Waals surface area contributed by atoms with Gasteiger partial charge < -0.3 is 13.9 Å². The molecule has 0 saturated carbocycles. The van der Waals surface area contributed by atoms with Gasteiger partial charge in [0.1, 0.15) is 12.4 Å². The molecule has 0 aliphatic carbocycles. The van der Waals surface area contributed by atoms with E-state index in [0.717, 1.165) is 11.3 Å². The molecule has 4 nitrogen and oxygen atoms in total. The molecule has 0 N–H and O–H groups in total. The molecule has 0 radical (unpaired) electrons. The topological polar surface area (TPSA) is 35.8 Å². The van der Waals surface area contributed by atoms with Crippen molar-refractivity contribution in [2.75, 3.05) is 7.11 Å². The Bertz CT molecular complexity index is 830. The summed E-state index contributed by atoms with van der Waals surface area (Å²) in [5.74, 6) is 1.24. The number of halogens is 2. The van der Waals surface area contributed by atoms with Crippen LogP contribution in [0.25, 0.3) is 5.65 Å². The maximum Gasteiger partial charge on any atom is 0.179 e. The summed E-state index contributed by atoms with van der Waals surface area (Å²) in [5.41, 5.74) is 2.37. The van der Waals surface area contributed by atoms with Crippen molar-refractivity contribution in [3.63, 3.8) is 0 Å². The van der Waals surface area contributed by atoms with Gasteiger partial charge in [0, 0.05) is 23.0 Å². The fraction of sp³-hybridized carbons (Fsp3) is 0.188. The lowest BCUT2D eigenvalue weighted by atomic mass is 10.2. The normalized spacial score (nSPS) is 10.9. The molecule has 0 aliphatic rings. The van der Waals surface area contributed by atoms with Crippen LogP contribution < -0.4 is 9.47 Å². The van der Waals surface area contributed by atoms with Gasteiger partial charge in [-0.2, -0.15) is 0 Å². The van der Waals surface area contributed by atoms with Crippen molar-refractivity contribution >= 4 is 28.8 Å². The van der Waals surface area contributed by atoms with Crippen LogP contribution in [0, 0.1) is 6.92 Å². The molecule has 0 unspecified atom stereocenters. The second kappa shape index (κ2) is 6.07. The fourth-order valence-electron chi connectivity index (χ4n) is 2.24. The summed E-state index contributed by atoms with van der Waals surface area (Å²) >= 11 is 12.5. The SMILES string of the molecule is COc1ccc(Cl)c(COc2cccn3cc(C)nc23)c1Cl. The molecular weight excluding hydrogens is 323 g/mol. The number of hydrogen-bond acceptors (Lipinski definition) is 3. The molecule has 0 atom stereocenters. The number of nitrogens with zero attached hydrogens (tertiary/aromatic N) is 2. The van der Waals surface area contributed by atoms with Gasteiger partial charge in [-0.05, 0) is 31.2 Å². The highest BCUT2D eigenvalue weighted by Gasteiger charge is 2.13. The van der Waals surface area contributed by atoms with Gasteiger partial charge in [-0.25, -0.2) is 4.98 Å². The number of ether oxygens (including phenoxy) is 2. The number of rotatable bonds is 4. The minimum Gasteiger partial charge on any atom is -0.495 e. The number of benzene rings is 1. The number of imidazole rings is 1. The lowest BCUT2D eigenvalue weighted by molar-refractivity contribution is 0.307. The lowest BCUT2D eigenvalue weighted by Gasteiger charge is -2.12. The van der Waals surface area contributed by atoms with Crippen molar-refractivity contribution in [1.82, 2.24) is 9.38 Å². The third kappa shape index (κ3) is 2.72. The van der Waals surface area contributed by atoms with E-state index >= 15 is 0 Å². The highest BCUT2D eigenvalue weighted by atomic mass is 35.5. The zero-order valence-corrected chi connectivity index (χ0v) is 13.6. The van der Waals surface area contributed by atoms with Crippen molar-refractivity contribution in [3.05, 3.63) is 58.0 Å². The van der Waals surface area contributed by atoms with Crippen molar-refractivity contribution < 1.29 is 9.47 Å². The second-order valence-electron chi connectivity index (χ2n) is 4.82. The highest BCUT2D eigenvalue weighted by molar-refractivity contribution is 6.36. The van der Waals surface area contributed by atoms with Gasteiger partial charge in [-0.3, -0.25) is 0 Å². The largest absolute Gasteiger partial charge is 0.495 e. The Morgan fingerprint density at radius 1 is 1.18 bits per heavy atom. The first-order valence-corrected chi connectivity index (χ1v) is 7.43.